The molecule has 3 heterocycles. The van der Waals surface area contributed by atoms with Gasteiger partial charge in [-0.2, -0.15) is 0 Å². The molecule has 1 aliphatic heterocycles. The molecule has 0 aliphatic carbocycles. The van der Waals surface area contributed by atoms with E-state index in [9.17, 15) is 4.39 Å². The van der Waals surface area contributed by atoms with Crippen molar-refractivity contribution in [2.24, 2.45) is 5.92 Å². The molecule has 22 heavy (non-hydrogen) atoms. The Balaban J connectivity index is 2.08. The number of hydrogen-bond donors (Lipinski definition) is 0. The zero-order valence-corrected chi connectivity index (χ0v) is 14.6. The average Bonchev–Trinajstić information content (AvgIpc) is 3.08. The molecule has 0 aromatic carbocycles. The van der Waals surface area contributed by atoms with Crippen molar-refractivity contribution in [2.45, 2.75) is 48.8 Å². The predicted octanol–water partition coefficient (Wildman–Crippen LogP) is 3.39. The number of hydrogen-bond acceptors (Lipinski definition) is 6. The normalized spacial score (nSPS) is 28.6. The maximum Gasteiger partial charge on any atom is 0.208 e. The molecule has 0 spiro atoms. The Morgan fingerprint density at radius 3 is 2.73 bits per heavy atom. The molecule has 3 rings (SSSR count). The van der Waals surface area contributed by atoms with E-state index in [1.54, 1.807) is 10.7 Å². The van der Waals surface area contributed by atoms with Crippen LogP contribution in [-0.2, 0) is 4.74 Å². The summed E-state index contributed by atoms with van der Waals surface area (Å²) in [6.45, 7) is 3.92. The fourth-order valence-corrected chi connectivity index (χ4v) is 3.74. The molecular weight excluding hydrogens is 323 g/mol. The van der Waals surface area contributed by atoms with Crippen molar-refractivity contribution >= 4 is 29.2 Å². The molecule has 0 unspecified atom stereocenters. The average molecular weight is 342 g/mol. The Bertz CT molecular complexity index is 680. The Labute approximate surface area is 137 Å². The van der Waals surface area contributed by atoms with Gasteiger partial charge in [-0.15, -0.1) is 16.9 Å². The number of rotatable bonds is 4. The Hall–Kier alpha value is -0.860. The summed E-state index contributed by atoms with van der Waals surface area (Å²) < 4.78 is 22.3. The van der Waals surface area contributed by atoms with Crippen molar-refractivity contribution in [3.63, 3.8) is 0 Å². The van der Waals surface area contributed by atoms with E-state index in [1.165, 1.54) is 23.5 Å². The topological polar surface area (TPSA) is 52.3 Å². The summed E-state index contributed by atoms with van der Waals surface area (Å²) in [5.41, 5.74) is 1.32. The lowest BCUT2D eigenvalue weighted by atomic mass is 9.97. The quantitative estimate of drug-likeness (QED) is 0.794. The number of fused-ring (bicyclic) bond motifs is 1. The monoisotopic (exact) mass is 342 g/mol. The van der Waals surface area contributed by atoms with Gasteiger partial charge in [0.15, 0.2) is 5.65 Å². The van der Waals surface area contributed by atoms with E-state index in [1.807, 2.05) is 26.4 Å². The molecule has 2 aromatic heterocycles. The lowest BCUT2D eigenvalue weighted by Crippen LogP contribution is -2.18. The van der Waals surface area contributed by atoms with Crippen LogP contribution in [0.1, 0.15) is 32.1 Å². The third-order valence-corrected chi connectivity index (χ3v) is 5.31. The second kappa shape index (κ2) is 6.33. The Kier molecular flexibility index (Phi) is 4.61. The second-order valence-corrected chi connectivity index (χ2v) is 6.90. The van der Waals surface area contributed by atoms with Crippen LogP contribution in [0.3, 0.4) is 0 Å². The summed E-state index contributed by atoms with van der Waals surface area (Å²) in [6.07, 6.45) is 4.60. The van der Waals surface area contributed by atoms with Gasteiger partial charge < -0.3 is 4.74 Å². The zero-order valence-electron chi connectivity index (χ0n) is 13.0. The Morgan fingerprint density at radius 1 is 1.36 bits per heavy atom. The van der Waals surface area contributed by atoms with Gasteiger partial charge in [0, 0.05) is 5.92 Å². The van der Waals surface area contributed by atoms with Gasteiger partial charge >= 0.3 is 0 Å². The smallest absolute Gasteiger partial charge is 0.208 e. The van der Waals surface area contributed by atoms with Crippen LogP contribution in [0.5, 0.6) is 0 Å². The summed E-state index contributed by atoms with van der Waals surface area (Å²) >= 11 is 2.96. The third-order valence-electron chi connectivity index (χ3n) is 4.11. The molecule has 0 N–H and O–H groups in total. The first kappa shape index (κ1) is 16.0. The first-order chi connectivity index (χ1) is 10.6. The van der Waals surface area contributed by atoms with Crippen molar-refractivity contribution < 1.29 is 9.13 Å². The van der Waals surface area contributed by atoms with Crippen molar-refractivity contribution in [3.05, 3.63) is 11.9 Å². The van der Waals surface area contributed by atoms with E-state index in [-0.39, 0.29) is 12.0 Å². The number of ether oxygens (including phenoxy) is 1. The summed E-state index contributed by atoms with van der Waals surface area (Å²) in [5.74, 6) is -0.123. The highest BCUT2D eigenvalue weighted by molar-refractivity contribution is 7.99. The number of imidazole rings is 1. The van der Waals surface area contributed by atoms with Gasteiger partial charge in [-0.25, -0.2) is 18.9 Å². The van der Waals surface area contributed by atoms with Gasteiger partial charge in [0.2, 0.25) is 5.16 Å². The second-order valence-electron chi connectivity index (χ2n) is 5.33. The summed E-state index contributed by atoms with van der Waals surface area (Å²) in [5, 5.41) is 5.90. The number of thioether (sulfide) groups is 2. The molecule has 0 amide bonds. The van der Waals surface area contributed by atoms with Crippen molar-refractivity contribution in [3.8, 4) is 0 Å². The van der Waals surface area contributed by atoms with Crippen LogP contribution in [0.4, 0.5) is 4.39 Å². The maximum absolute atomic E-state index is 14.7. The molecule has 8 heteroatoms. The number of halogens is 1. The number of alkyl halides is 1. The molecule has 1 saturated heterocycles. The first-order valence-corrected chi connectivity index (χ1v) is 9.68. The van der Waals surface area contributed by atoms with Gasteiger partial charge in [-0.3, -0.25) is 0 Å². The van der Waals surface area contributed by atoms with Crippen LogP contribution >= 0.6 is 23.5 Å². The fraction of sp³-hybridized carbons (Fsp3) is 0.643. The van der Waals surface area contributed by atoms with Crippen molar-refractivity contribution in [1.29, 1.82) is 0 Å². The van der Waals surface area contributed by atoms with Crippen LogP contribution in [0.15, 0.2) is 16.4 Å². The fourth-order valence-electron chi connectivity index (χ4n) is 2.84. The van der Waals surface area contributed by atoms with E-state index in [2.05, 4.69) is 15.1 Å². The van der Waals surface area contributed by atoms with E-state index < -0.39 is 12.3 Å². The van der Waals surface area contributed by atoms with Crippen LogP contribution in [0, 0.1) is 5.92 Å². The minimum atomic E-state index is -1.05. The van der Waals surface area contributed by atoms with Gasteiger partial charge in [0.05, 0.1) is 18.0 Å². The number of nitrogens with zero attached hydrogens (tertiary/aromatic N) is 4. The van der Waals surface area contributed by atoms with Gasteiger partial charge in [-0.1, -0.05) is 25.6 Å². The molecule has 120 valence electrons. The highest BCUT2D eigenvalue weighted by Gasteiger charge is 2.43. The minimum Gasteiger partial charge on any atom is -0.365 e. The van der Waals surface area contributed by atoms with Gasteiger partial charge in [0.1, 0.15) is 17.3 Å². The third kappa shape index (κ3) is 2.51. The molecule has 0 bridgehead atoms. The molecule has 0 radical (unpaired) electrons. The lowest BCUT2D eigenvalue weighted by molar-refractivity contribution is 0.0195. The van der Waals surface area contributed by atoms with Gasteiger partial charge in [-0.05, 0) is 18.9 Å². The lowest BCUT2D eigenvalue weighted by Gasteiger charge is -2.13. The molecule has 1 fully saturated rings. The van der Waals surface area contributed by atoms with Crippen LogP contribution < -0.4 is 0 Å². The van der Waals surface area contributed by atoms with Gasteiger partial charge in [0.25, 0.3) is 0 Å². The predicted molar refractivity (Wildman–Crippen MR) is 86.3 cm³/mol. The Morgan fingerprint density at radius 2 is 2.14 bits per heavy atom. The van der Waals surface area contributed by atoms with E-state index in [0.29, 0.717) is 16.5 Å². The molecule has 5 nitrogen and oxygen atoms in total. The van der Waals surface area contributed by atoms with Crippen molar-refractivity contribution in [2.75, 3.05) is 12.5 Å². The molecule has 1 aliphatic rings. The van der Waals surface area contributed by atoms with Crippen LogP contribution in [-0.4, -0.2) is 44.4 Å². The summed E-state index contributed by atoms with van der Waals surface area (Å²) in [4.78, 5) is 8.82. The van der Waals surface area contributed by atoms with E-state index in [0.717, 1.165) is 11.4 Å². The summed E-state index contributed by atoms with van der Waals surface area (Å²) in [7, 11) is 0. The van der Waals surface area contributed by atoms with Crippen LogP contribution in [0.2, 0.25) is 0 Å². The number of aromatic nitrogens is 4. The standard InChI is InChI=1S/C14H19FN4OS2/c1-5-9-7(2)10(15)11(20-9)8-6-16-12-13(21-3)17-14(22-4)18-19(8)12/h6-7,9-11H,5H2,1-4H3/t7-,9-,10-,11+/m1/s1. The highest BCUT2D eigenvalue weighted by Crippen LogP contribution is 2.40. The van der Waals surface area contributed by atoms with E-state index >= 15 is 0 Å². The first-order valence-electron chi connectivity index (χ1n) is 7.23. The molecule has 0 saturated carbocycles. The SMILES string of the molecule is CC[C@H]1O[C@@H](c2cnc3c(SC)nc(SC)nn23)[C@H](F)[C@@H]1C. The maximum atomic E-state index is 14.7. The van der Waals surface area contributed by atoms with E-state index in [4.69, 9.17) is 4.74 Å². The zero-order chi connectivity index (χ0) is 15.9. The highest BCUT2D eigenvalue weighted by atomic mass is 32.2. The van der Waals surface area contributed by atoms with Crippen molar-refractivity contribution in [1.82, 2.24) is 19.6 Å². The molecular formula is C14H19FN4OS2. The summed E-state index contributed by atoms with van der Waals surface area (Å²) in [6, 6.07) is 0. The largest absolute Gasteiger partial charge is 0.365 e. The minimum absolute atomic E-state index is 0.0626. The molecule has 4 atom stereocenters. The molecule has 2 aromatic rings. The van der Waals surface area contributed by atoms with Crippen LogP contribution in [0.25, 0.3) is 5.65 Å².